The molecular formula is C14H31ClN4O2. The molecule has 0 fully saturated rings. The monoisotopic (exact) mass is 322 g/mol. The zero-order valence-corrected chi connectivity index (χ0v) is 14.4. The first-order valence-electron chi connectivity index (χ1n) is 7.36. The molecule has 6 nitrogen and oxygen atoms in total. The number of unbranched alkanes of at least 4 members (excludes halogenated alkanes) is 1. The maximum atomic E-state index is 12.3. The van der Waals surface area contributed by atoms with Gasteiger partial charge in [0.25, 0.3) is 0 Å². The van der Waals surface area contributed by atoms with E-state index in [1.54, 1.807) is 11.9 Å². The Morgan fingerprint density at radius 2 is 1.81 bits per heavy atom. The average molecular weight is 323 g/mol. The Morgan fingerprint density at radius 1 is 1.24 bits per heavy atom. The summed E-state index contributed by atoms with van der Waals surface area (Å²) in [5.41, 5.74) is 11.1. The average Bonchev–Trinajstić information content (AvgIpc) is 2.38. The summed E-state index contributed by atoms with van der Waals surface area (Å²) >= 11 is 0. The van der Waals surface area contributed by atoms with Gasteiger partial charge in [-0.3, -0.25) is 4.79 Å². The van der Waals surface area contributed by atoms with Gasteiger partial charge in [-0.2, -0.15) is 0 Å². The molecule has 0 aliphatic carbocycles. The van der Waals surface area contributed by atoms with Crippen LogP contribution in [0.15, 0.2) is 0 Å². The van der Waals surface area contributed by atoms with Crippen LogP contribution < -0.4 is 16.8 Å². The zero-order chi connectivity index (χ0) is 15.7. The van der Waals surface area contributed by atoms with Crippen LogP contribution >= 0.6 is 12.4 Å². The summed E-state index contributed by atoms with van der Waals surface area (Å²) in [6.45, 7) is 6.74. The molecule has 0 bridgehead atoms. The van der Waals surface area contributed by atoms with E-state index in [0.29, 0.717) is 18.9 Å². The van der Waals surface area contributed by atoms with Crippen molar-refractivity contribution >= 4 is 24.3 Å². The predicted molar refractivity (Wildman–Crippen MR) is 88.3 cm³/mol. The molecule has 0 aromatic heterocycles. The number of amides is 3. The van der Waals surface area contributed by atoms with Crippen molar-refractivity contribution in [1.82, 2.24) is 10.2 Å². The zero-order valence-electron chi connectivity index (χ0n) is 13.6. The Bertz CT molecular complexity index is 313. The quantitative estimate of drug-likeness (QED) is 0.599. The molecule has 0 saturated carbocycles. The highest BCUT2D eigenvalue weighted by atomic mass is 35.5. The van der Waals surface area contributed by atoms with Crippen molar-refractivity contribution in [2.75, 3.05) is 13.6 Å². The van der Waals surface area contributed by atoms with Crippen LogP contribution in [-0.2, 0) is 4.79 Å². The third-order valence-corrected chi connectivity index (χ3v) is 3.49. The summed E-state index contributed by atoms with van der Waals surface area (Å²) in [4.78, 5) is 24.9. The van der Waals surface area contributed by atoms with Gasteiger partial charge < -0.3 is 21.7 Å². The molecule has 0 aromatic carbocycles. The molecule has 0 aromatic rings. The number of primary amides is 1. The molecule has 0 saturated heterocycles. The van der Waals surface area contributed by atoms with Gasteiger partial charge in [0.05, 0.1) is 0 Å². The molecule has 2 atom stereocenters. The van der Waals surface area contributed by atoms with E-state index in [-0.39, 0.29) is 24.4 Å². The lowest BCUT2D eigenvalue weighted by atomic mass is 10.0. The fourth-order valence-corrected chi connectivity index (χ4v) is 1.89. The summed E-state index contributed by atoms with van der Waals surface area (Å²) in [6.07, 6.45) is 3.19. The summed E-state index contributed by atoms with van der Waals surface area (Å²) in [5, 5.41) is 2.52. The van der Waals surface area contributed by atoms with Crippen LogP contribution in [0.4, 0.5) is 4.79 Å². The molecular weight excluding hydrogens is 292 g/mol. The highest BCUT2D eigenvalue weighted by Gasteiger charge is 2.23. The molecule has 0 spiro atoms. The minimum atomic E-state index is -0.660. The van der Waals surface area contributed by atoms with Gasteiger partial charge in [0, 0.05) is 19.6 Å². The Hall–Kier alpha value is -1.01. The normalized spacial score (nSPS) is 13.2. The molecule has 0 aliphatic heterocycles. The Balaban J connectivity index is 0. The van der Waals surface area contributed by atoms with Crippen LogP contribution in [-0.4, -0.2) is 42.5 Å². The molecule has 0 heterocycles. The lowest BCUT2D eigenvalue weighted by Gasteiger charge is -2.26. The van der Waals surface area contributed by atoms with Crippen LogP contribution in [0, 0.1) is 5.92 Å². The smallest absolute Gasteiger partial charge is 0.312 e. The SMILES string of the molecule is CCCCC(NC(N)=O)C(=O)N(C)CCC(N)C(C)C.Cl. The number of carbonyl (C=O) groups is 2. The first kappa shape index (κ1) is 22.3. The van der Waals surface area contributed by atoms with Crippen molar-refractivity contribution in [2.24, 2.45) is 17.4 Å². The van der Waals surface area contributed by atoms with Crippen molar-refractivity contribution in [2.45, 2.75) is 58.5 Å². The van der Waals surface area contributed by atoms with Crippen LogP contribution in [0.3, 0.4) is 0 Å². The Morgan fingerprint density at radius 3 is 2.24 bits per heavy atom. The molecule has 126 valence electrons. The number of nitrogens with zero attached hydrogens (tertiary/aromatic N) is 1. The highest BCUT2D eigenvalue weighted by Crippen LogP contribution is 2.07. The van der Waals surface area contributed by atoms with Gasteiger partial charge in [-0.1, -0.05) is 33.6 Å². The third kappa shape index (κ3) is 9.52. The topological polar surface area (TPSA) is 101 Å². The van der Waals surface area contributed by atoms with E-state index in [0.717, 1.165) is 19.3 Å². The van der Waals surface area contributed by atoms with E-state index in [1.807, 2.05) is 6.92 Å². The molecule has 21 heavy (non-hydrogen) atoms. The van der Waals surface area contributed by atoms with Crippen molar-refractivity contribution < 1.29 is 9.59 Å². The number of nitrogens with two attached hydrogens (primary N) is 2. The second-order valence-corrected chi connectivity index (χ2v) is 5.66. The number of rotatable bonds is 9. The fourth-order valence-electron chi connectivity index (χ4n) is 1.89. The molecule has 2 unspecified atom stereocenters. The van der Waals surface area contributed by atoms with Crippen molar-refractivity contribution in [3.05, 3.63) is 0 Å². The second-order valence-electron chi connectivity index (χ2n) is 5.66. The standard InChI is InChI=1S/C14H30N4O2.ClH/c1-5-6-7-12(17-14(16)20)13(19)18(4)9-8-11(15)10(2)3;/h10-12H,5-9,15H2,1-4H3,(H3,16,17,20);1H. The number of likely N-dealkylation sites (N-methyl/N-ethyl adjacent to an activating group) is 1. The van der Waals surface area contributed by atoms with Crippen molar-refractivity contribution in [3.63, 3.8) is 0 Å². The van der Waals surface area contributed by atoms with Gasteiger partial charge in [0.1, 0.15) is 6.04 Å². The van der Waals surface area contributed by atoms with E-state index in [2.05, 4.69) is 19.2 Å². The second kappa shape index (κ2) is 11.6. The lowest BCUT2D eigenvalue weighted by Crippen LogP contribution is -2.49. The van der Waals surface area contributed by atoms with E-state index in [4.69, 9.17) is 11.5 Å². The van der Waals surface area contributed by atoms with Gasteiger partial charge in [-0.05, 0) is 18.8 Å². The molecule has 5 N–H and O–H groups in total. The van der Waals surface area contributed by atoms with Crippen molar-refractivity contribution in [1.29, 1.82) is 0 Å². The minimum absolute atomic E-state index is 0. The summed E-state index contributed by atoms with van der Waals surface area (Å²) in [7, 11) is 1.73. The number of urea groups is 1. The number of hydrogen-bond donors (Lipinski definition) is 3. The van der Waals surface area contributed by atoms with Crippen molar-refractivity contribution in [3.8, 4) is 0 Å². The van der Waals surface area contributed by atoms with Gasteiger partial charge in [0.2, 0.25) is 5.91 Å². The minimum Gasteiger partial charge on any atom is -0.352 e. The van der Waals surface area contributed by atoms with E-state index < -0.39 is 12.1 Å². The Kier molecular flexibility index (Phi) is 12.3. The van der Waals surface area contributed by atoms with Crippen LogP contribution in [0.2, 0.25) is 0 Å². The first-order valence-corrected chi connectivity index (χ1v) is 7.36. The molecule has 0 radical (unpaired) electrons. The summed E-state index contributed by atoms with van der Waals surface area (Å²) < 4.78 is 0. The van der Waals surface area contributed by atoms with Gasteiger partial charge in [0.15, 0.2) is 0 Å². The van der Waals surface area contributed by atoms with Gasteiger partial charge >= 0.3 is 6.03 Å². The largest absolute Gasteiger partial charge is 0.352 e. The number of nitrogens with one attached hydrogen (secondary N) is 1. The van der Waals surface area contributed by atoms with Crippen LogP contribution in [0.1, 0.15) is 46.5 Å². The predicted octanol–water partition coefficient (Wildman–Crippen LogP) is 1.47. The summed E-state index contributed by atoms with van der Waals surface area (Å²) in [5.74, 6) is 0.284. The molecule has 0 rings (SSSR count). The lowest BCUT2D eigenvalue weighted by molar-refractivity contribution is -0.132. The van der Waals surface area contributed by atoms with Crippen LogP contribution in [0.5, 0.6) is 0 Å². The molecule has 0 aliphatic rings. The summed E-state index contributed by atoms with van der Waals surface area (Å²) in [6, 6.07) is -1.12. The third-order valence-electron chi connectivity index (χ3n) is 3.49. The van der Waals surface area contributed by atoms with E-state index >= 15 is 0 Å². The van der Waals surface area contributed by atoms with Gasteiger partial charge in [-0.15, -0.1) is 12.4 Å². The number of carbonyl (C=O) groups excluding carboxylic acids is 2. The Labute approximate surface area is 134 Å². The number of hydrogen-bond acceptors (Lipinski definition) is 3. The molecule has 3 amide bonds. The number of halogens is 1. The van der Waals surface area contributed by atoms with E-state index in [1.165, 1.54) is 0 Å². The van der Waals surface area contributed by atoms with Gasteiger partial charge in [-0.25, -0.2) is 4.79 Å². The fraction of sp³-hybridized carbons (Fsp3) is 0.857. The van der Waals surface area contributed by atoms with Crippen LogP contribution in [0.25, 0.3) is 0 Å². The highest BCUT2D eigenvalue weighted by molar-refractivity contribution is 5.86. The van der Waals surface area contributed by atoms with E-state index in [9.17, 15) is 9.59 Å². The molecule has 7 heteroatoms. The maximum Gasteiger partial charge on any atom is 0.312 e. The first-order chi connectivity index (χ1) is 9.29. The maximum absolute atomic E-state index is 12.3.